The lowest BCUT2D eigenvalue weighted by Gasteiger charge is -2.36. The Morgan fingerprint density at radius 3 is 2.79 bits per heavy atom. The Kier molecular flexibility index (Phi) is 2.73. The van der Waals surface area contributed by atoms with Gasteiger partial charge in [-0.05, 0) is 73.5 Å². The van der Waals surface area contributed by atoms with Crippen LogP contribution in [0.5, 0.6) is 0 Å². The molecule has 3 aliphatic carbocycles. The molecular weight excluding hydrogens is 232 g/mol. The summed E-state index contributed by atoms with van der Waals surface area (Å²) in [7, 11) is 0. The molecule has 19 heavy (non-hydrogen) atoms. The largest absolute Gasteiger partial charge is 0.396 e. The average molecular weight is 256 g/mol. The van der Waals surface area contributed by atoms with Gasteiger partial charge >= 0.3 is 0 Å². The molecule has 3 atom stereocenters. The molecule has 1 N–H and O–H groups in total. The molecule has 0 amide bonds. The molecule has 1 aromatic rings. The second-order valence-corrected chi connectivity index (χ2v) is 7.23. The van der Waals surface area contributed by atoms with Crippen molar-refractivity contribution < 1.29 is 5.11 Å². The van der Waals surface area contributed by atoms with Crippen LogP contribution in [0.4, 0.5) is 0 Å². The summed E-state index contributed by atoms with van der Waals surface area (Å²) in [4.78, 5) is 0. The molecule has 0 radical (unpaired) electrons. The van der Waals surface area contributed by atoms with Gasteiger partial charge in [0.25, 0.3) is 0 Å². The van der Waals surface area contributed by atoms with Crippen molar-refractivity contribution in [2.24, 2.45) is 17.3 Å². The second-order valence-electron chi connectivity index (χ2n) is 7.23. The fraction of sp³-hybridized carbons (Fsp3) is 0.667. The Hall–Kier alpha value is -0.820. The summed E-state index contributed by atoms with van der Waals surface area (Å²) >= 11 is 0. The van der Waals surface area contributed by atoms with Crippen molar-refractivity contribution in [2.75, 3.05) is 6.61 Å². The number of fused-ring (bicyclic) bond motifs is 3. The Bertz CT molecular complexity index is 492. The second kappa shape index (κ2) is 4.34. The van der Waals surface area contributed by atoms with Crippen molar-refractivity contribution >= 4 is 0 Å². The van der Waals surface area contributed by atoms with Crippen LogP contribution in [0.2, 0.25) is 0 Å². The third-order valence-corrected chi connectivity index (χ3v) is 6.14. The molecular formula is C18H24O. The minimum atomic E-state index is 0.218. The maximum atomic E-state index is 9.99. The lowest BCUT2D eigenvalue weighted by atomic mass is 9.70. The first kappa shape index (κ1) is 12.0. The highest BCUT2D eigenvalue weighted by molar-refractivity contribution is 5.36. The van der Waals surface area contributed by atoms with E-state index in [-0.39, 0.29) is 5.41 Å². The predicted molar refractivity (Wildman–Crippen MR) is 77.1 cm³/mol. The topological polar surface area (TPSA) is 20.2 Å². The van der Waals surface area contributed by atoms with E-state index in [1.807, 2.05) is 0 Å². The molecule has 0 aliphatic heterocycles. The lowest BCUT2D eigenvalue weighted by molar-refractivity contribution is 0.0651. The molecule has 2 bridgehead atoms. The highest BCUT2D eigenvalue weighted by Crippen LogP contribution is 2.57. The Balaban J connectivity index is 1.60. The zero-order chi connectivity index (χ0) is 12.9. The monoisotopic (exact) mass is 256 g/mol. The Morgan fingerprint density at radius 2 is 2.05 bits per heavy atom. The van der Waals surface area contributed by atoms with Gasteiger partial charge in [-0.25, -0.2) is 0 Å². The van der Waals surface area contributed by atoms with Crippen molar-refractivity contribution in [1.29, 1.82) is 0 Å². The molecule has 0 spiro atoms. The van der Waals surface area contributed by atoms with Gasteiger partial charge in [0.1, 0.15) is 0 Å². The van der Waals surface area contributed by atoms with Gasteiger partial charge in [0.05, 0.1) is 0 Å². The zero-order valence-corrected chi connectivity index (χ0v) is 11.7. The van der Waals surface area contributed by atoms with Crippen LogP contribution in [0, 0.1) is 17.3 Å². The maximum absolute atomic E-state index is 9.99. The summed E-state index contributed by atoms with van der Waals surface area (Å²) in [5, 5.41) is 9.99. The van der Waals surface area contributed by atoms with E-state index in [9.17, 15) is 5.11 Å². The van der Waals surface area contributed by atoms with E-state index in [0.717, 1.165) is 18.3 Å². The van der Waals surface area contributed by atoms with E-state index >= 15 is 0 Å². The minimum Gasteiger partial charge on any atom is -0.396 e. The molecule has 4 rings (SSSR count). The van der Waals surface area contributed by atoms with Crippen LogP contribution in [0.3, 0.4) is 0 Å². The summed E-state index contributed by atoms with van der Waals surface area (Å²) in [5.41, 5.74) is 4.83. The van der Waals surface area contributed by atoms with Crippen LogP contribution in [0.1, 0.15) is 48.8 Å². The molecule has 1 nitrogen and oxygen atoms in total. The smallest absolute Gasteiger partial charge is 0.0493 e. The van der Waals surface area contributed by atoms with E-state index in [4.69, 9.17) is 0 Å². The van der Waals surface area contributed by atoms with Gasteiger partial charge in [0, 0.05) is 12.0 Å². The number of aliphatic hydroxyl groups is 1. The van der Waals surface area contributed by atoms with Gasteiger partial charge in [0.2, 0.25) is 0 Å². The minimum absolute atomic E-state index is 0.218. The number of benzene rings is 1. The van der Waals surface area contributed by atoms with Crippen LogP contribution >= 0.6 is 0 Å². The lowest BCUT2D eigenvalue weighted by Crippen LogP contribution is -2.34. The summed E-state index contributed by atoms with van der Waals surface area (Å²) in [6.07, 6.45) is 10.4. The molecule has 3 unspecified atom stereocenters. The van der Waals surface area contributed by atoms with Gasteiger partial charge < -0.3 is 5.11 Å². The third-order valence-electron chi connectivity index (χ3n) is 6.14. The van der Waals surface area contributed by atoms with Crippen LogP contribution in [0.25, 0.3) is 0 Å². The highest BCUT2D eigenvalue weighted by Gasteiger charge is 2.50. The Labute approximate surface area is 116 Å². The number of aliphatic hydroxyl groups excluding tert-OH is 1. The van der Waals surface area contributed by atoms with E-state index in [1.54, 1.807) is 11.1 Å². The summed E-state index contributed by atoms with van der Waals surface area (Å²) in [6, 6.07) is 7.11. The number of hydrogen-bond acceptors (Lipinski definition) is 1. The molecule has 0 heterocycles. The highest BCUT2D eigenvalue weighted by atomic mass is 16.3. The van der Waals surface area contributed by atoms with Gasteiger partial charge in [-0.2, -0.15) is 0 Å². The number of hydrogen-bond donors (Lipinski definition) is 1. The van der Waals surface area contributed by atoms with E-state index < -0.39 is 0 Å². The maximum Gasteiger partial charge on any atom is 0.0493 e. The van der Waals surface area contributed by atoms with Crippen LogP contribution in [-0.2, 0) is 19.3 Å². The van der Waals surface area contributed by atoms with Gasteiger partial charge in [-0.15, -0.1) is 0 Å². The summed E-state index contributed by atoms with van der Waals surface area (Å²) in [5.74, 6) is 1.70. The average Bonchev–Trinajstić information content (AvgIpc) is 3.12. The van der Waals surface area contributed by atoms with Crippen molar-refractivity contribution in [2.45, 2.75) is 51.4 Å². The van der Waals surface area contributed by atoms with Crippen LogP contribution < -0.4 is 0 Å². The summed E-state index contributed by atoms with van der Waals surface area (Å²) in [6.45, 7) is 0.394. The standard InChI is InChI=1S/C18H24O/c19-12-18(11-14-5-7-17(18)9-14)10-13-4-6-15-2-1-3-16(15)8-13/h4,6,8,14,17,19H,1-3,5,7,9-12H2. The molecule has 2 saturated carbocycles. The van der Waals surface area contributed by atoms with Crippen LogP contribution in [0.15, 0.2) is 18.2 Å². The third kappa shape index (κ3) is 1.86. The molecule has 1 heteroatoms. The van der Waals surface area contributed by atoms with Crippen molar-refractivity contribution in [1.82, 2.24) is 0 Å². The normalized spacial score (nSPS) is 35.8. The van der Waals surface area contributed by atoms with E-state index in [0.29, 0.717) is 6.61 Å². The van der Waals surface area contributed by atoms with Gasteiger partial charge in [-0.1, -0.05) is 24.6 Å². The fourth-order valence-electron chi connectivity index (χ4n) is 5.17. The summed E-state index contributed by atoms with van der Waals surface area (Å²) < 4.78 is 0. The van der Waals surface area contributed by atoms with E-state index in [1.165, 1.54) is 50.5 Å². The quantitative estimate of drug-likeness (QED) is 0.877. The molecule has 102 valence electrons. The fourth-order valence-corrected chi connectivity index (χ4v) is 5.17. The van der Waals surface area contributed by atoms with Crippen molar-refractivity contribution in [3.05, 3.63) is 34.9 Å². The Morgan fingerprint density at radius 1 is 1.16 bits per heavy atom. The van der Waals surface area contributed by atoms with Crippen LogP contribution in [-0.4, -0.2) is 11.7 Å². The predicted octanol–water partition coefficient (Wildman–Crippen LogP) is 3.52. The zero-order valence-electron chi connectivity index (χ0n) is 11.7. The first-order chi connectivity index (χ1) is 9.29. The molecule has 3 aliphatic rings. The van der Waals surface area contributed by atoms with Crippen molar-refractivity contribution in [3.8, 4) is 0 Å². The first-order valence-electron chi connectivity index (χ1n) is 8.01. The molecule has 0 saturated heterocycles. The van der Waals surface area contributed by atoms with Gasteiger partial charge in [-0.3, -0.25) is 0 Å². The first-order valence-corrected chi connectivity index (χ1v) is 8.01. The van der Waals surface area contributed by atoms with E-state index in [2.05, 4.69) is 18.2 Å². The molecule has 2 fully saturated rings. The molecule has 0 aromatic heterocycles. The number of rotatable bonds is 3. The number of aryl methyl sites for hydroxylation is 2. The SMILES string of the molecule is OCC1(Cc2ccc3c(c2)CCC3)CC2CCC1C2. The molecule has 1 aromatic carbocycles. The van der Waals surface area contributed by atoms with Gasteiger partial charge in [0.15, 0.2) is 0 Å². The van der Waals surface area contributed by atoms with Crippen molar-refractivity contribution in [3.63, 3.8) is 0 Å².